The molecule has 1 N–H and O–H groups in total. The van der Waals surface area contributed by atoms with Gasteiger partial charge in [-0.3, -0.25) is 0 Å². The van der Waals surface area contributed by atoms with Gasteiger partial charge in [-0.2, -0.15) is 4.68 Å². The minimum absolute atomic E-state index is 0.588. The fraction of sp³-hybridized carbons (Fsp3) is 0.545. The van der Waals surface area contributed by atoms with Gasteiger partial charge in [0.25, 0.3) is 0 Å². The van der Waals surface area contributed by atoms with E-state index in [1.165, 1.54) is 32.1 Å². The fourth-order valence-corrected chi connectivity index (χ4v) is 4.84. The molecule has 1 saturated heterocycles. The minimum Gasteiger partial charge on any atom is -0.370 e. The predicted octanol–water partition coefficient (Wildman–Crippen LogP) is 3.55. The lowest BCUT2D eigenvalue weighted by molar-refractivity contribution is 0.354. The fourth-order valence-electron chi connectivity index (χ4n) is 4.74. The number of piperidine rings is 1. The maximum absolute atomic E-state index is 5.90. The number of nitrogens with zero attached hydrogens (tertiary/aromatic N) is 8. The van der Waals surface area contributed by atoms with Crippen LogP contribution in [0.3, 0.4) is 0 Å². The second-order valence-electron chi connectivity index (χ2n) is 8.95. The normalized spacial score (nSPS) is 21.0. The van der Waals surface area contributed by atoms with E-state index in [4.69, 9.17) is 11.6 Å². The summed E-state index contributed by atoms with van der Waals surface area (Å²) in [6, 6.07) is 2.05. The molecule has 1 saturated carbocycles. The molecule has 0 aromatic carbocycles. The number of anilines is 2. The van der Waals surface area contributed by atoms with Crippen molar-refractivity contribution in [2.75, 3.05) is 29.9 Å². The molecule has 1 aliphatic heterocycles. The van der Waals surface area contributed by atoms with E-state index in [1.807, 2.05) is 6.07 Å². The van der Waals surface area contributed by atoms with Gasteiger partial charge in [0.2, 0.25) is 5.95 Å². The predicted molar refractivity (Wildman–Crippen MR) is 123 cm³/mol. The smallest absolute Gasteiger partial charge is 0.225 e. The molecule has 9 nitrogen and oxygen atoms in total. The Hall–Kier alpha value is -2.81. The Balaban J connectivity index is 1.02. The lowest BCUT2D eigenvalue weighted by atomic mass is 9.91. The second kappa shape index (κ2) is 9.36. The van der Waals surface area contributed by atoms with E-state index in [9.17, 15) is 0 Å². The van der Waals surface area contributed by atoms with Gasteiger partial charge in [-0.25, -0.2) is 15.0 Å². The van der Waals surface area contributed by atoms with Crippen LogP contribution in [0.25, 0.3) is 5.69 Å². The van der Waals surface area contributed by atoms with Crippen LogP contribution in [0.4, 0.5) is 11.8 Å². The molecule has 10 heteroatoms. The highest BCUT2D eigenvalue weighted by molar-refractivity contribution is 6.30. The highest BCUT2D eigenvalue weighted by Gasteiger charge is 2.38. The van der Waals surface area contributed by atoms with E-state index in [-0.39, 0.29) is 0 Å². The molecule has 2 aliphatic rings. The number of halogens is 1. The van der Waals surface area contributed by atoms with Crippen molar-refractivity contribution < 1.29 is 0 Å². The van der Waals surface area contributed by atoms with Gasteiger partial charge in [0.05, 0.1) is 29.3 Å². The highest BCUT2D eigenvalue weighted by Crippen LogP contribution is 2.46. The zero-order valence-corrected chi connectivity index (χ0v) is 19.0. The van der Waals surface area contributed by atoms with Gasteiger partial charge in [-0.15, -0.1) is 5.10 Å². The molecule has 0 bridgehead atoms. The van der Waals surface area contributed by atoms with Crippen LogP contribution in [-0.2, 0) is 0 Å². The average Bonchev–Trinajstić information content (AvgIpc) is 3.30. The number of rotatable bonds is 8. The molecule has 2 atom stereocenters. The molecule has 168 valence electrons. The summed E-state index contributed by atoms with van der Waals surface area (Å²) in [7, 11) is 0. The zero-order valence-electron chi connectivity index (χ0n) is 18.2. The number of hydrogen-bond acceptors (Lipinski definition) is 8. The highest BCUT2D eigenvalue weighted by atomic mass is 35.5. The summed E-state index contributed by atoms with van der Waals surface area (Å²) in [6.07, 6.45) is 13.1. The van der Waals surface area contributed by atoms with Crippen molar-refractivity contribution in [1.82, 2.24) is 35.2 Å². The molecule has 5 rings (SSSR count). The Bertz CT molecular complexity index is 1020. The van der Waals surface area contributed by atoms with Crippen molar-refractivity contribution in [2.24, 2.45) is 17.8 Å². The largest absolute Gasteiger partial charge is 0.370 e. The van der Waals surface area contributed by atoms with E-state index in [0.29, 0.717) is 5.02 Å². The van der Waals surface area contributed by atoms with E-state index in [2.05, 4.69) is 47.6 Å². The van der Waals surface area contributed by atoms with Crippen LogP contribution in [0.15, 0.2) is 31.0 Å². The summed E-state index contributed by atoms with van der Waals surface area (Å²) in [4.78, 5) is 15.5. The summed E-state index contributed by atoms with van der Waals surface area (Å²) in [5, 5.41) is 15.4. The maximum atomic E-state index is 5.90. The van der Waals surface area contributed by atoms with Crippen LogP contribution < -0.4 is 10.2 Å². The Labute approximate surface area is 192 Å². The van der Waals surface area contributed by atoms with Crippen LogP contribution >= 0.6 is 11.6 Å². The van der Waals surface area contributed by atoms with Gasteiger partial charge in [-0.1, -0.05) is 11.6 Å². The van der Waals surface area contributed by atoms with Crippen LogP contribution in [-0.4, -0.2) is 54.8 Å². The number of pyridine rings is 1. The van der Waals surface area contributed by atoms with Crippen LogP contribution in [0.2, 0.25) is 5.02 Å². The van der Waals surface area contributed by atoms with Crippen molar-refractivity contribution in [3.05, 3.63) is 41.6 Å². The Morgan fingerprint density at radius 2 is 1.91 bits per heavy atom. The molecule has 2 unspecified atom stereocenters. The number of nitrogens with one attached hydrogen (secondary N) is 1. The van der Waals surface area contributed by atoms with Crippen molar-refractivity contribution in [1.29, 1.82) is 0 Å². The third-order valence-electron chi connectivity index (χ3n) is 6.69. The van der Waals surface area contributed by atoms with E-state index in [1.54, 1.807) is 29.6 Å². The Morgan fingerprint density at radius 3 is 2.62 bits per heavy atom. The zero-order chi connectivity index (χ0) is 21.9. The third-order valence-corrected chi connectivity index (χ3v) is 6.89. The topological polar surface area (TPSA) is 97.5 Å². The Morgan fingerprint density at radius 1 is 1.09 bits per heavy atom. The molecule has 32 heavy (non-hydrogen) atoms. The quantitative estimate of drug-likeness (QED) is 0.553. The second-order valence-corrected chi connectivity index (χ2v) is 9.39. The first-order valence-electron chi connectivity index (χ1n) is 11.3. The monoisotopic (exact) mass is 453 g/mol. The summed E-state index contributed by atoms with van der Waals surface area (Å²) >= 11 is 5.90. The molecule has 3 aromatic heterocycles. The number of aryl methyl sites for hydroxylation is 1. The summed E-state index contributed by atoms with van der Waals surface area (Å²) < 4.78 is 1.62. The lowest BCUT2D eigenvalue weighted by Crippen LogP contribution is -2.35. The summed E-state index contributed by atoms with van der Waals surface area (Å²) in [5.41, 5.74) is 1.97. The van der Waals surface area contributed by atoms with Crippen LogP contribution in [0.1, 0.15) is 37.7 Å². The van der Waals surface area contributed by atoms with Crippen molar-refractivity contribution in [2.45, 2.75) is 39.0 Å². The van der Waals surface area contributed by atoms with Gasteiger partial charge >= 0.3 is 0 Å². The van der Waals surface area contributed by atoms with Gasteiger partial charge in [0, 0.05) is 19.6 Å². The maximum Gasteiger partial charge on any atom is 0.225 e. The molecule has 0 spiro atoms. The minimum atomic E-state index is 0.588. The Kier molecular flexibility index (Phi) is 6.16. The SMILES string of the molecule is Cc1cc(-n2cnnn2)cnc1NCCC1CC1CC1CCN(c2ncc(Cl)cn2)CC1. The van der Waals surface area contributed by atoms with Crippen molar-refractivity contribution in [3.63, 3.8) is 0 Å². The number of tetrazole rings is 1. The van der Waals surface area contributed by atoms with Gasteiger partial charge in [-0.05, 0) is 78.8 Å². The molecular weight excluding hydrogens is 426 g/mol. The van der Waals surface area contributed by atoms with Crippen LogP contribution in [0, 0.1) is 24.7 Å². The molecule has 0 radical (unpaired) electrons. The summed E-state index contributed by atoms with van der Waals surface area (Å²) in [5.74, 6) is 4.30. The first kappa shape index (κ1) is 21.1. The van der Waals surface area contributed by atoms with Crippen molar-refractivity contribution in [3.8, 4) is 5.69 Å². The molecule has 0 amide bonds. The van der Waals surface area contributed by atoms with Gasteiger partial charge < -0.3 is 10.2 Å². The molecular formula is C22H28ClN9. The van der Waals surface area contributed by atoms with E-state index in [0.717, 1.165) is 60.4 Å². The molecule has 1 aliphatic carbocycles. The standard InChI is InChI=1S/C22H28ClN9/c1-15-8-20(32-14-28-29-30-32)13-25-21(15)24-5-2-17-10-18(17)9-16-3-6-31(7-4-16)22-26-11-19(23)12-27-22/h8,11-14,16-18H,2-7,9-10H2,1H3,(H,24,25). The number of hydrogen-bond donors (Lipinski definition) is 1. The molecule has 4 heterocycles. The summed E-state index contributed by atoms with van der Waals surface area (Å²) in [6.45, 7) is 5.10. The van der Waals surface area contributed by atoms with Crippen molar-refractivity contribution >= 4 is 23.4 Å². The van der Waals surface area contributed by atoms with Gasteiger partial charge in [0.15, 0.2) is 0 Å². The molecule has 3 aromatic rings. The first-order valence-corrected chi connectivity index (χ1v) is 11.7. The first-order chi connectivity index (χ1) is 15.7. The van der Waals surface area contributed by atoms with E-state index < -0.39 is 0 Å². The van der Waals surface area contributed by atoms with E-state index >= 15 is 0 Å². The lowest BCUT2D eigenvalue weighted by Gasteiger charge is -2.32. The number of aromatic nitrogens is 7. The average molecular weight is 454 g/mol. The van der Waals surface area contributed by atoms with Gasteiger partial charge in [0.1, 0.15) is 12.1 Å². The third kappa shape index (κ3) is 4.98. The van der Waals surface area contributed by atoms with Crippen LogP contribution in [0.5, 0.6) is 0 Å². The molecule has 2 fully saturated rings.